The highest BCUT2D eigenvalue weighted by atomic mass is 35.5. The molecule has 0 spiro atoms. The zero-order valence-corrected chi connectivity index (χ0v) is 26.4. The van der Waals surface area contributed by atoms with Crippen molar-refractivity contribution in [2.24, 2.45) is 0 Å². The summed E-state index contributed by atoms with van der Waals surface area (Å²) in [5.74, 6) is -1.61. The van der Waals surface area contributed by atoms with Crippen LogP contribution in [0.1, 0.15) is 28.7 Å². The van der Waals surface area contributed by atoms with E-state index in [2.05, 4.69) is 0 Å². The lowest BCUT2D eigenvalue weighted by Gasteiger charge is -2.41. The van der Waals surface area contributed by atoms with Gasteiger partial charge in [0, 0.05) is 34.3 Å². The van der Waals surface area contributed by atoms with Crippen LogP contribution in [0.2, 0.25) is 5.02 Å². The quantitative estimate of drug-likeness (QED) is 0.141. The molecule has 1 aliphatic heterocycles. The number of nitrogens with zero attached hydrogens (tertiary/aromatic N) is 3. The number of carbonyl (C=O) groups excluding carboxylic acids is 4. The minimum absolute atomic E-state index is 0.0411. The third-order valence-corrected chi connectivity index (χ3v) is 9.47. The average molecular weight is 651 g/mol. The smallest absolute Gasteiger partial charge is 0.325 e. The number of benzene rings is 1. The Hall–Kier alpha value is -2.92. The molecule has 0 radical (unpaired) electrons. The molecule has 8 nitrogen and oxygen atoms in total. The van der Waals surface area contributed by atoms with Crippen LogP contribution in [0.15, 0.2) is 59.3 Å². The monoisotopic (exact) mass is 649 g/mol. The van der Waals surface area contributed by atoms with E-state index in [1.807, 2.05) is 35.0 Å². The van der Waals surface area contributed by atoms with E-state index in [9.17, 15) is 19.2 Å². The van der Waals surface area contributed by atoms with Gasteiger partial charge in [-0.1, -0.05) is 47.5 Å². The first-order chi connectivity index (χ1) is 20.2. The van der Waals surface area contributed by atoms with Gasteiger partial charge >= 0.3 is 5.97 Å². The predicted octanol–water partition coefficient (Wildman–Crippen LogP) is 4.88. The van der Waals surface area contributed by atoms with E-state index in [4.69, 9.17) is 27.9 Å². The van der Waals surface area contributed by atoms with Crippen molar-refractivity contribution in [3.8, 4) is 0 Å². The molecule has 1 fully saturated rings. The molecular weight excluding hydrogens is 617 g/mol. The number of hydrogen-bond donors (Lipinski definition) is 0. The van der Waals surface area contributed by atoms with Gasteiger partial charge in [0.05, 0.1) is 19.6 Å². The summed E-state index contributed by atoms with van der Waals surface area (Å²) in [5.41, 5.74) is -0.0747. The summed E-state index contributed by atoms with van der Waals surface area (Å²) in [6.45, 7) is 2.08. The normalized spacial score (nSPS) is 16.0. The number of halogens is 2. The number of esters is 1. The minimum Gasteiger partial charge on any atom is -0.465 e. The van der Waals surface area contributed by atoms with Crippen LogP contribution in [0.25, 0.3) is 0 Å². The summed E-state index contributed by atoms with van der Waals surface area (Å²) in [7, 11) is 0. The van der Waals surface area contributed by atoms with Crippen molar-refractivity contribution in [3.63, 3.8) is 0 Å². The largest absolute Gasteiger partial charge is 0.465 e. The summed E-state index contributed by atoms with van der Waals surface area (Å²) in [4.78, 5) is 60.0. The van der Waals surface area contributed by atoms with Crippen molar-refractivity contribution >= 4 is 69.6 Å². The van der Waals surface area contributed by atoms with E-state index in [1.165, 1.54) is 14.7 Å². The number of ether oxygens (including phenoxy) is 1. The summed E-state index contributed by atoms with van der Waals surface area (Å²) in [5, 5.41) is 4.49. The van der Waals surface area contributed by atoms with Gasteiger partial charge in [0.1, 0.15) is 18.1 Å². The molecule has 2 atom stereocenters. The second kappa shape index (κ2) is 15.5. The number of piperazine rings is 1. The van der Waals surface area contributed by atoms with Gasteiger partial charge in [0.15, 0.2) is 0 Å². The maximum atomic E-state index is 13.8. The number of rotatable bonds is 14. The molecular formula is C30H33Cl2N3O5S2. The Balaban J connectivity index is 1.54. The van der Waals surface area contributed by atoms with Crippen LogP contribution in [0, 0.1) is 0 Å². The van der Waals surface area contributed by atoms with Crippen molar-refractivity contribution in [3.05, 3.63) is 79.6 Å². The van der Waals surface area contributed by atoms with E-state index in [0.717, 1.165) is 15.3 Å². The van der Waals surface area contributed by atoms with E-state index in [1.54, 1.807) is 53.9 Å². The van der Waals surface area contributed by atoms with Crippen molar-refractivity contribution in [1.29, 1.82) is 0 Å². The summed E-state index contributed by atoms with van der Waals surface area (Å²) >= 11 is 15.9. The molecule has 0 N–H and O–H groups in total. The fraction of sp³-hybridized carbons (Fsp3) is 0.400. The number of thiophene rings is 2. The Morgan fingerprint density at radius 1 is 1.02 bits per heavy atom. The van der Waals surface area contributed by atoms with Crippen molar-refractivity contribution in [2.45, 2.75) is 44.1 Å². The van der Waals surface area contributed by atoms with E-state index < -0.39 is 23.4 Å². The zero-order chi connectivity index (χ0) is 30.1. The first-order valence-corrected chi connectivity index (χ1v) is 16.3. The van der Waals surface area contributed by atoms with Crippen LogP contribution in [0.3, 0.4) is 0 Å². The van der Waals surface area contributed by atoms with Gasteiger partial charge in [-0.3, -0.25) is 19.2 Å². The first kappa shape index (κ1) is 32.0. The molecule has 0 bridgehead atoms. The lowest BCUT2D eigenvalue weighted by atomic mass is 10.0. The van der Waals surface area contributed by atoms with E-state index in [0.29, 0.717) is 31.0 Å². The van der Waals surface area contributed by atoms with Gasteiger partial charge in [-0.05, 0) is 60.4 Å². The lowest BCUT2D eigenvalue weighted by Crippen LogP contribution is -2.61. The van der Waals surface area contributed by atoms with Gasteiger partial charge in [0.25, 0.3) is 0 Å². The lowest BCUT2D eigenvalue weighted by molar-refractivity contribution is -0.159. The second-order valence-electron chi connectivity index (χ2n) is 9.82. The first-order valence-electron chi connectivity index (χ1n) is 13.7. The SMILES string of the molecule is CCOC(=O)CN(C(=O)CC1C(=O)N(CCc2cccs2)CC(=O)N1CCc1cccs1)C(Cl)Cc1ccc(Cl)cc1. The molecule has 2 aromatic heterocycles. The molecule has 3 heterocycles. The van der Waals surface area contributed by atoms with E-state index in [-0.39, 0.29) is 44.4 Å². The molecule has 1 aliphatic rings. The Morgan fingerprint density at radius 3 is 2.26 bits per heavy atom. The second-order valence-corrected chi connectivity index (χ2v) is 12.8. The summed E-state index contributed by atoms with van der Waals surface area (Å²) < 4.78 is 5.11. The van der Waals surface area contributed by atoms with Crippen LogP contribution in [0.4, 0.5) is 0 Å². The third kappa shape index (κ3) is 8.80. The summed E-state index contributed by atoms with van der Waals surface area (Å²) in [6, 6.07) is 13.9. The van der Waals surface area contributed by atoms with Gasteiger partial charge in [-0.25, -0.2) is 0 Å². The maximum absolute atomic E-state index is 13.8. The van der Waals surface area contributed by atoms with Gasteiger partial charge < -0.3 is 19.4 Å². The molecule has 2 unspecified atom stereocenters. The summed E-state index contributed by atoms with van der Waals surface area (Å²) in [6.07, 6.45) is 1.13. The van der Waals surface area contributed by atoms with Crippen LogP contribution >= 0.6 is 45.9 Å². The van der Waals surface area contributed by atoms with Crippen molar-refractivity contribution in [2.75, 3.05) is 32.8 Å². The molecule has 42 heavy (non-hydrogen) atoms. The van der Waals surface area contributed by atoms with Gasteiger partial charge in [-0.2, -0.15) is 0 Å². The number of amides is 3. The fourth-order valence-corrected chi connectivity index (χ4v) is 6.68. The van der Waals surface area contributed by atoms with Gasteiger partial charge in [-0.15, -0.1) is 22.7 Å². The fourth-order valence-electron chi connectivity index (χ4n) is 4.80. The predicted molar refractivity (Wildman–Crippen MR) is 166 cm³/mol. The molecule has 1 aromatic carbocycles. The van der Waals surface area contributed by atoms with Crippen LogP contribution in [0.5, 0.6) is 0 Å². The van der Waals surface area contributed by atoms with Gasteiger partial charge in [0.2, 0.25) is 17.7 Å². The number of hydrogen-bond acceptors (Lipinski definition) is 7. The molecule has 0 saturated carbocycles. The molecule has 12 heteroatoms. The highest BCUT2D eigenvalue weighted by Crippen LogP contribution is 2.23. The molecule has 224 valence electrons. The third-order valence-electron chi connectivity index (χ3n) is 6.96. The number of carbonyl (C=O) groups is 4. The topological polar surface area (TPSA) is 87.2 Å². The molecule has 3 aromatic rings. The van der Waals surface area contributed by atoms with Crippen LogP contribution in [-0.4, -0.2) is 82.7 Å². The minimum atomic E-state index is -1.01. The Bertz CT molecular complexity index is 1340. The Kier molecular flexibility index (Phi) is 11.8. The van der Waals surface area contributed by atoms with Crippen LogP contribution < -0.4 is 0 Å². The van der Waals surface area contributed by atoms with Crippen molar-refractivity contribution < 1.29 is 23.9 Å². The standard InChI is InChI=1S/C30H33Cl2N3O5S2/c1-2-40-29(38)20-35(26(32)17-21-7-9-22(31)10-8-21)27(36)18-25-30(39)33(13-11-23-5-3-15-41-23)19-28(37)34(25)14-12-24-6-4-16-42-24/h3-10,15-16,25-26H,2,11-14,17-20H2,1H3. The van der Waals surface area contributed by atoms with E-state index >= 15 is 0 Å². The molecule has 1 saturated heterocycles. The molecule has 0 aliphatic carbocycles. The maximum Gasteiger partial charge on any atom is 0.325 e. The zero-order valence-electron chi connectivity index (χ0n) is 23.2. The van der Waals surface area contributed by atoms with Crippen molar-refractivity contribution in [1.82, 2.24) is 14.7 Å². The highest BCUT2D eigenvalue weighted by molar-refractivity contribution is 7.10. The highest BCUT2D eigenvalue weighted by Gasteiger charge is 2.41. The van der Waals surface area contributed by atoms with Crippen LogP contribution in [-0.2, 0) is 43.2 Å². The Labute approximate surface area is 263 Å². The molecule has 4 rings (SSSR count). The average Bonchev–Trinajstić information content (AvgIpc) is 3.68. The molecule has 3 amide bonds. The Morgan fingerprint density at radius 2 is 1.67 bits per heavy atom. The number of alkyl halides is 1.